The lowest BCUT2D eigenvalue weighted by molar-refractivity contribution is -0.387. The third-order valence-corrected chi connectivity index (χ3v) is 3.78. The van der Waals surface area contributed by atoms with E-state index in [-0.39, 0.29) is 0 Å². The number of nitrogen functional groups attached to an aromatic ring is 1. The Bertz CT molecular complexity index is 741. The standard InChI is InChI=1S/C14H16FN5O2S/c1-3-11-9(13(16)19-14(18-11)23-2)7-17-8-4-5-10(15)12(6-8)20(21)22/h4-6,17H,3,7H2,1-2H3,(H2,16,18,19). The second kappa shape index (κ2) is 7.23. The zero-order valence-electron chi connectivity index (χ0n) is 12.7. The van der Waals surface area contributed by atoms with Crippen molar-refractivity contribution in [1.82, 2.24) is 9.97 Å². The van der Waals surface area contributed by atoms with Gasteiger partial charge >= 0.3 is 5.69 Å². The average molecular weight is 337 g/mol. The van der Waals surface area contributed by atoms with Crippen molar-refractivity contribution >= 4 is 29.0 Å². The first-order valence-electron chi connectivity index (χ1n) is 6.83. The molecule has 7 nitrogen and oxygen atoms in total. The van der Waals surface area contributed by atoms with E-state index in [0.717, 1.165) is 23.4 Å². The number of benzene rings is 1. The number of nitro groups is 1. The Morgan fingerprint density at radius 1 is 1.43 bits per heavy atom. The summed E-state index contributed by atoms with van der Waals surface area (Å²) >= 11 is 1.40. The van der Waals surface area contributed by atoms with Crippen molar-refractivity contribution < 1.29 is 9.31 Å². The number of nitrogens with one attached hydrogen (secondary N) is 1. The van der Waals surface area contributed by atoms with Crippen molar-refractivity contribution in [1.29, 1.82) is 0 Å². The van der Waals surface area contributed by atoms with Crippen LogP contribution >= 0.6 is 11.8 Å². The van der Waals surface area contributed by atoms with E-state index in [4.69, 9.17) is 5.73 Å². The molecule has 0 aliphatic rings. The number of aromatic nitrogens is 2. The lowest BCUT2D eigenvalue weighted by Crippen LogP contribution is -2.11. The normalized spacial score (nSPS) is 10.6. The number of thioether (sulfide) groups is 1. The molecule has 0 bridgehead atoms. The van der Waals surface area contributed by atoms with Gasteiger partial charge in [0.25, 0.3) is 0 Å². The van der Waals surface area contributed by atoms with Gasteiger partial charge in [0, 0.05) is 23.9 Å². The van der Waals surface area contributed by atoms with Crippen LogP contribution in [0.3, 0.4) is 0 Å². The van der Waals surface area contributed by atoms with Gasteiger partial charge in [-0.15, -0.1) is 0 Å². The molecule has 0 atom stereocenters. The Hall–Kier alpha value is -2.42. The Morgan fingerprint density at radius 3 is 2.78 bits per heavy atom. The van der Waals surface area contributed by atoms with E-state index >= 15 is 0 Å². The van der Waals surface area contributed by atoms with Crippen LogP contribution < -0.4 is 11.1 Å². The van der Waals surface area contributed by atoms with Gasteiger partial charge in [-0.1, -0.05) is 18.7 Å². The van der Waals surface area contributed by atoms with Crippen molar-refractivity contribution in [2.75, 3.05) is 17.3 Å². The topological polar surface area (TPSA) is 107 Å². The van der Waals surface area contributed by atoms with Crippen LogP contribution in [0.4, 0.5) is 21.6 Å². The zero-order chi connectivity index (χ0) is 17.0. The molecule has 9 heteroatoms. The number of nitrogens with two attached hydrogens (primary N) is 1. The molecule has 1 aromatic heterocycles. The highest BCUT2D eigenvalue weighted by molar-refractivity contribution is 7.98. The monoisotopic (exact) mass is 337 g/mol. The SMILES string of the molecule is CCc1nc(SC)nc(N)c1CNc1ccc(F)c([N+](=O)[O-])c1. The number of nitrogens with zero attached hydrogens (tertiary/aromatic N) is 3. The minimum atomic E-state index is -0.873. The molecule has 2 rings (SSSR count). The second-order valence-electron chi connectivity index (χ2n) is 4.65. The molecule has 0 aliphatic heterocycles. The molecule has 0 radical (unpaired) electrons. The Balaban J connectivity index is 2.24. The number of hydrogen-bond donors (Lipinski definition) is 2. The number of halogens is 1. The van der Waals surface area contributed by atoms with Crippen LogP contribution in [0.15, 0.2) is 23.4 Å². The van der Waals surface area contributed by atoms with Crippen LogP contribution in [0.2, 0.25) is 0 Å². The van der Waals surface area contributed by atoms with Crippen LogP contribution in [0.1, 0.15) is 18.2 Å². The Labute approximate surface area is 136 Å². The summed E-state index contributed by atoms with van der Waals surface area (Å²) in [6.45, 7) is 2.25. The van der Waals surface area contributed by atoms with Crippen LogP contribution in [0.25, 0.3) is 0 Å². The van der Waals surface area contributed by atoms with E-state index < -0.39 is 16.4 Å². The average Bonchev–Trinajstić information content (AvgIpc) is 2.53. The van der Waals surface area contributed by atoms with Crippen molar-refractivity contribution in [3.05, 3.63) is 45.4 Å². The molecule has 2 aromatic rings. The van der Waals surface area contributed by atoms with Gasteiger partial charge < -0.3 is 11.1 Å². The zero-order valence-corrected chi connectivity index (χ0v) is 13.5. The predicted molar refractivity (Wildman–Crippen MR) is 88.0 cm³/mol. The van der Waals surface area contributed by atoms with Gasteiger partial charge in [-0.3, -0.25) is 10.1 Å². The highest BCUT2D eigenvalue weighted by atomic mass is 32.2. The van der Waals surface area contributed by atoms with Gasteiger partial charge in [0.05, 0.1) is 10.6 Å². The molecule has 0 aliphatic carbocycles. The summed E-state index contributed by atoms with van der Waals surface area (Å²) in [6, 6.07) is 3.63. The summed E-state index contributed by atoms with van der Waals surface area (Å²) < 4.78 is 13.3. The first kappa shape index (κ1) is 16.9. The summed E-state index contributed by atoms with van der Waals surface area (Å²) in [5.74, 6) is -0.507. The smallest absolute Gasteiger partial charge is 0.306 e. The molecule has 0 saturated heterocycles. The number of rotatable bonds is 6. The Kier molecular flexibility index (Phi) is 5.32. The van der Waals surface area contributed by atoms with Gasteiger partial charge in [0.1, 0.15) is 5.82 Å². The summed E-state index contributed by atoms with van der Waals surface area (Å²) in [4.78, 5) is 18.6. The van der Waals surface area contributed by atoms with E-state index in [1.165, 1.54) is 17.8 Å². The molecular formula is C14H16FN5O2S. The third kappa shape index (κ3) is 3.86. The molecule has 0 fully saturated rings. The van der Waals surface area contributed by atoms with E-state index in [1.807, 2.05) is 13.2 Å². The maximum atomic E-state index is 13.3. The minimum absolute atomic E-state index is 0.298. The molecule has 1 heterocycles. The van der Waals surface area contributed by atoms with Crippen LogP contribution in [-0.2, 0) is 13.0 Å². The van der Waals surface area contributed by atoms with Crippen LogP contribution in [0.5, 0.6) is 0 Å². The fraction of sp³-hybridized carbons (Fsp3) is 0.286. The number of anilines is 2. The molecule has 1 aromatic carbocycles. The van der Waals surface area contributed by atoms with E-state index in [0.29, 0.717) is 29.6 Å². The van der Waals surface area contributed by atoms with Crippen LogP contribution in [0, 0.1) is 15.9 Å². The number of nitro benzene ring substituents is 1. The lowest BCUT2D eigenvalue weighted by atomic mass is 10.1. The van der Waals surface area contributed by atoms with Gasteiger partial charge in [-0.25, -0.2) is 9.97 Å². The third-order valence-electron chi connectivity index (χ3n) is 3.23. The fourth-order valence-electron chi connectivity index (χ4n) is 2.06. The molecule has 23 heavy (non-hydrogen) atoms. The quantitative estimate of drug-likeness (QED) is 0.361. The van der Waals surface area contributed by atoms with Crippen molar-refractivity contribution in [2.45, 2.75) is 25.0 Å². The maximum absolute atomic E-state index is 13.3. The molecule has 3 N–H and O–H groups in total. The van der Waals surface area contributed by atoms with E-state index in [9.17, 15) is 14.5 Å². The Morgan fingerprint density at radius 2 is 2.17 bits per heavy atom. The van der Waals surface area contributed by atoms with Gasteiger partial charge in [-0.2, -0.15) is 4.39 Å². The summed E-state index contributed by atoms with van der Waals surface area (Å²) in [6.07, 6.45) is 2.55. The fourth-order valence-corrected chi connectivity index (χ4v) is 2.45. The molecular weight excluding hydrogens is 321 g/mol. The van der Waals surface area contributed by atoms with E-state index in [1.54, 1.807) is 0 Å². The molecule has 122 valence electrons. The number of aryl methyl sites for hydroxylation is 1. The molecule has 0 saturated carbocycles. The van der Waals surface area contributed by atoms with Crippen LogP contribution in [-0.4, -0.2) is 21.1 Å². The first-order chi connectivity index (χ1) is 11.0. The highest BCUT2D eigenvalue weighted by Gasteiger charge is 2.15. The number of hydrogen-bond acceptors (Lipinski definition) is 7. The minimum Gasteiger partial charge on any atom is -0.383 e. The van der Waals surface area contributed by atoms with Gasteiger partial charge in [0.2, 0.25) is 5.82 Å². The van der Waals surface area contributed by atoms with Crippen molar-refractivity contribution in [3.8, 4) is 0 Å². The maximum Gasteiger partial charge on any atom is 0.306 e. The van der Waals surface area contributed by atoms with Gasteiger partial charge in [-0.05, 0) is 24.8 Å². The second-order valence-corrected chi connectivity index (χ2v) is 5.42. The first-order valence-corrected chi connectivity index (χ1v) is 8.05. The summed E-state index contributed by atoms with van der Waals surface area (Å²) in [5, 5.41) is 14.4. The lowest BCUT2D eigenvalue weighted by Gasteiger charge is -2.13. The van der Waals surface area contributed by atoms with Crippen molar-refractivity contribution in [2.24, 2.45) is 0 Å². The van der Waals surface area contributed by atoms with E-state index in [2.05, 4.69) is 15.3 Å². The molecule has 0 amide bonds. The highest BCUT2D eigenvalue weighted by Crippen LogP contribution is 2.24. The largest absolute Gasteiger partial charge is 0.383 e. The van der Waals surface area contributed by atoms with Gasteiger partial charge in [0.15, 0.2) is 5.16 Å². The summed E-state index contributed by atoms with van der Waals surface area (Å²) in [5.41, 5.74) is 7.36. The molecule has 0 unspecified atom stereocenters. The predicted octanol–water partition coefficient (Wildman–Crippen LogP) is 3.00. The van der Waals surface area contributed by atoms with Crippen molar-refractivity contribution in [3.63, 3.8) is 0 Å². The summed E-state index contributed by atoms with van der Waals surface area (Å²) in [7, 11) is 0. The molecule has 0 spiro atoms.